The monoisotopic (exact) mass is 212 g/mol. The van der Waals surface area contributed by atoms with Crippen LogP contribution in [0.2, 0.25) is 5.02 Å². The van der Waals surface area contributed by atoms with E-state index in [-0.39, 0.29) is 5.97 Å². The van der Waals surface area contributed by atoms with E-state index in [0.717, 1.165) is 0 Å². The largest absolute Gasteiger partial charge is 0.462 e. The molecule has 0 aliphatic carbocycles. The van der Waals surface area contributed by atoms with Crippen molar-refractivity contribution in [3.63, 3.8) is 0 Å². The molecule has 0 bridgehead atoms. The van der Waals surface area contributed by atoms with Gasteiger partial charge in [0.25, 0.3) is 0 Å². The molecule has 0 radical (unpaired) electrons. The summed E-state index contributed by atoms with van der Waals surface area (Å²) < 4.78 is 5.05. The van der Waals surface area contributed by atoms with Crippen molar-refractivity contribution in [1.82, 2.24) is 0 Å². The minimum Gasteiger partial charge on any atom is -0.462 e. The highest BCUT2D eigenvalue weighted by Crippen LogP contribution is 2.10. The summed E-state index contributed by atoms with van der Waals surface area (Å²) in [6.07, 6.45) is 0. The Labute approximate surface area is 88.8 Å². The lowest BCUT2D eigenvalue weighted by atomic mass is 10.2. The van der Waals surface area contributed by atoms with Crippen LogP contribution >= 0.6 is 11.6 Å². The highest BCUT2D eigenvalue weighted by atomic mass is 35.5. The molecule has 0 spiro atoms. The van der Waals surface area contributed by atoms with Crippen LogP contribution in [0.1, 0.15) is 24.2 Å². The summed E-state index contributed by atoms with van der Waals surface area (Å²) in [5.41, 5.74) is 0.537. The predicted molar refractivity (Wildman–Crippen MR) is 56.6 cm³/mol. The average Bonchev–Trinajstić information content (AvgIpc) is 2.15. The predicted octanol–water partition coefficient (Wildman–Crippen LogP) is 3.15. The van der Waals surface area contributed by atoms with Gasteiger partial charge in [-0.05, 0) is 30.2 Å². The van der Waals surface area contributed by atoms with Gasteiger partial charge in [-0.15, -0.1) is 0 Å². The van der Waals surface area contributed by atoms with E-state index in [9.17, 15) is 4.79 Å². The molecule has 0 saturated carbocycles. The van der Waals surface area contributed by atoms with Crippen molar-refractivity contribution in [3.05, 3.63) is 34.9 Å². The Morgan fingerprint density at radius 2 is 1.93 bits per heavy atom. The maximum absolute atomic E-state index is 11.4. The minimum atomic E-state index is -0.296. The van der Waals surface area contributed by atoms with Crippen LogP contribution < -0.4 is 0 Å². The summed E-state index contributed by atoms with van der Waals surface area (Å²) in [5.74, 6) is 0.0571. The molecule has 0 aromatic heterocycles. The molecule has 0 atom stereocenters. The first-order valence-electron chi connectivity index (χ1n) is 4.52. The zero-order chi connectivity index (χ0) is 10.6. The fraction of sp³-hybridized carbons (Fsp3) is 0.364. The van der Waals surface area contributed by atoms with Gasteiger partial charge in [0.15, 0.2) is 0 Å². The van der Waals surface area contributed by atoms with Gasteiger partial charge in [-0.2, -0.15) is 0 Å². The van der Waals surface area contributed by atoms with E-state index in [1.165, 1.54) is 0 Å². The summed E-state index contributed by atoms with van der Waals surface area (Å²) in [6.45, 7) is 4.44. The number of hydrogen-bond donors (Lipinski definition) is 0. The van der Waals surface area contributed by atoms with Crippen LogP contribution in [0.25, 0.3) is 0 Å². The maximum atomic E-state index is 11.4. The van der Waals surface area contributed by atoms with E-state index < -0.39 is 0 Å². The average molecular weight is 213 g/mol. The summed E-state index contributed by atoms with van der Waals surface area (Å²) in [6, 6.07) is 6.66. The zero-order valence-corrected chi connectivity index (χ0v) is 9.04. The van der Waals surface area contributed by atoms with Crippen molar-refractivity contribution in [2.75, 3.05) is 6.61 Å². The molecule has 0 amide bonds. The Hall–Kier alpha value is -1.02. The number of esters is 1. The normalized spacial score (nSPS) is 10.3. The summed E-state index contributed by atoms with van der Waals surface area (Å²) >= 11 is 5.69. The Balaban J connectivity index is 2.57. The second-order valence-electron chi connectivity index (χ2n) is 3.50. The van der Waals surface area contributed by atoms with Gasteiger partial charge in [0.05, 0.1) is 12.2 Å². The zero-order valence-electron chi connectivity index (χ0n) is 8.29. The fourth-order valence-electron chi connectivity index (χ4n) is 0.912. The van der Waals surface area contributed by atoms with Crippen LogP contribution in [0, 0.1) is 5.92 Å². The summed E-state index contributed by atoms with van der Waals surface area (Å²) in [5, 5.41) is 0.616. The fourth-order valence-corrected chi connectivity index (χ4v) is 1.04. The van der Waals surface area contributed by atoms with Crippen LogP contribution in [-0.4, -0.2) is 12.6 Å². The van der Waals surface area contributed by atoms with Crippen LogP contribution in [-0.2, 0) is 4.74 Å². The topological polar surface area (TPSA) is 26.3 Å². The molecular weight excluding hydrogens is 200 g/mol. The molecule has 1 aromatic carbocycles. The molecule has 14 heavy (non-hydrogen) atoms. The van der Waals surface area contributed by atoms with E-state index in [2.05, 4.69) is 0 Å². The number of hydrogen-bond acceptors (Lipinski definition) is 2. The number of halogens is 1. The molecule has 0 unspecified atom stereocenters. The summed E-state index contributed by atoms with van der Waals surface area (Å²) in [7, 11) is 0. The van der Waals surface area contributed by atoms with E-state index >= 15 is 0 Å². The lowest BCUT2D eigenvalue weighted by molar-refractivity contribution is 0.0459. The molecular formula is C11H13ClO2. The van der Waals surface area contributed by atoms with Crippen molar-refractivity contribution in [1.29, 1.82) is 0 Å². The van der Waals surface area contributed by atoms with Crippen molar-refractivity contribution >= 4 is 17.6 Å². The Bertz CT molecular complexity index is 304. The van der Waals surface area contributed by atoms with Gasteiger partial charge < -0.3 is 4.74 Å². The SMILES string of the molecule is CC(C)COC(=O)c1ccc(Cl)cc1. The van der Waals surface area contributed by atoms with Crippen molar-refractivity contribution in [2.24, 2.45) is 5.92 Å². The molecule has 0 aliphatic heterocycles. The minimum absolute atomic E-state index is 0.296. The first kappa shape index (κ1) is 11.1. The van der Waals surface area contributed by atoms with E-state index in [4.69, 9.17) is 16.3 Å². The Kier molecular flexibility index (Phi) is 3.96. The van der Waals surface area contributed by atoms with E-state index in [0.29, 0.717) is 23.1 Å². The first-order chi connectivity index (χ1) is 6.59. The second-order valence-corrected chi connectivity index (χ2v) is 3.94. The molecule has 76 valence electrons. The smallest absolute Gasteiger partial charge is 0.338 e. The molecule has 2 nitrogen and oxygen atoms in total. The molecule has 0 heterocycles. The molecule has 0 N–H and O–H groups in total. The standard InChI is InChI=1S/C11H13ClO2/c1-8(2)7-14-11(13)9-3-5-10(12)6-4-9/h3-6,8H,7H2,1-2H3. The van der Waals surface area contributed by atoms with Crippen LogP contribution in [0.3, 0.4) is 0 Å². The van der Waals surface area contributed by atoms with E-state index in [1.807, 2.05) is 13.8 Å². The lowest BCUT2D eigenvalue weighted by Gasteiger charge is -2.06. The highest BCUT2D eigenvalue weighted by Gasteiger charge is 2.07. The number of rotatable bonds is 3. The van der Waals surface area contributed by atoms with Gasteiger partial charge in [0.1, 0.15) is 0 Å². The maximum Gasteiger partial charge on any atom is 0.338 e. The number of carbonyl (C=O) groups is 1. The van der Waals surface area contributed by atoms with Crippen LogP contribution in [0.5, 0.6) is 0 Å². The number of benzene rings is 1. The van der Waals surface area contributed by atoms with Crippen molar-refractivity contribution in [2.45, 2.75) is 13.8 Å². The highest BCUT2D eigenvalue weighted by molar-refractivity contribution is 6.30. The van der Waals surface area contributed by atoms with Gasteiger partial charge in [0, 0.05) is 5.02 Å². The van der Waals surface area contributed by atoms with Gasteiger partial charge in [0.2, 0.25) is 0 Å². The third-order valence-corrected chi connectivity index (χ3v) is 1.88. The lowest BCUT2D eigenvalue weighted by Crippen LogP contribution is -2.09. The molecule has 1 rings (SSSR count). The van der Waals surface area contributed by atoms with Crippen molar-refractivity contribution < 1.29 is 9.53 Å². The molecule has 0 fully saturated rings. The van der Waals surface area contributed by atoms with Gasteiger partial charge in [-0.1, -0.05) is 25.4 Å². The van der Waals surface area contributed by atoms with Crippen LogP contribution in [0.15, 0.2) is 24.3 Å². The quantitative estimate of drug-likeness (QED) is 0.720. The molecule has 3 heteroatoms. The van der Waals surface area contributed by atoms with Gasteiger partial charge in [-0.25, -0.2) is 4.79 Å². The number of carbonyl (C=O) groups excluding carboxylic acids is 1. The Morgan fingerprint density at radius 1 is 1.36 bits per heavy atom. The van der Waals surface area contributed by atoms with E-state index in [1.54, 1.807) is 24.3 Å². The molecule has 1 aromatic rings. The number of ether oxygens (including phenoxy) is 1. The second kappa shape index (κ2) is 5.01. The van der Waals surface area contributed by atoms with Crippen LogP contribution in [0.4, 0.5) is 0 Å². The molecule has 0 saturated heterocycles. The molecule has 0 aliphatic rings. The van der Waals surface area contributed by atoms with Gasteiger partial charge in [-0.3, -0.25) is 0 Å². The first-order valence-corrected chi connectivity index (χ1v) is 4.90. The third-order valence-electron chi connectivity index (χ3n) is 1.63. The Morgan fingerprint density at radius 3 is 2.43 bits per heavy atom. The third kappa shape index (κ3) is 3.38. The van der Waals surface area contributed by atoms with Crippen molar-refractivity contribution in [3.8, 4) is 0 Å². The summed E-state index contributed by atoms with van der Waals surface area (Å²) in [4.78, 5) is 11.4. The van der Waals surface area contributed by atoms with Gasteiger partial charge >= 0.3 is 5.97 Å².